The zero-order valence-electron chi connectivity index (χ0n) is 15.6. The number of rotatable bonds is 8. The molecule has 0 bridgehead atoms. The third kappa shape index (κ3) is 4.19. The number of carbonyl (C=O) groups excluding carboxylic acids is 5. The Morgan fingerprint density at radius 2 is 1.63 bits per heavy atom. The zero-order valence-corrected chi connectivity index (χ0v) is 15.6. The molecule has 10 nitrogen and oxygen atoms in total. The smallest absolute Gasteiger partial charge is 0.325 e. The van der Waals surface area contributed by atoms with Gasteiger partial charge in [-0.3, -0.25) is 24.0 Å². The van der Waals surface area contributed by atoms with Crippen molar-refractivity contribution >= 4 is 29.3 Å². The first-order valence-corrected chi connectivity index (χ1v) is 8.87. The molecular weight excluding hydrogens is 398 g/mol. The molecule has 0 aliphatic heterocycles. The molecule has 0 spiro atoms. The molecule has 1 aromatic heterocycles. The SMILES string of the molecule is N[C@@H](CO)C(=O)OCCOC(=O)CC(=O)c1cc2c(o1)C(=O)c1ccccc1C2=O. The van der Waals surface area contributed by atoms with Gasteiger partial charge in [-0.2, -0.15) is 0 Å². The highest BCUT2D eigenvalue weighted by Crippen LogP contribution is 2.30. The number of fused-ring (bicyclic) bond motifs is 2. The van der Waals surface area contributed by atoms with Gasteiger partial charge in [-0.15, -0.1) is 0 Å². The van der Waals surface area contributed by atoms with E-state index in [1.807, 2.05) is 0 Å². The molecule has 1 atom stereocenters. The quantitative estimate of drug-likeness (QED) is 0.222. The second kappa shape index (κ2) is 8.80. The van der Waals surface area contributed by atoms with Crippen molar-refractivity contribution in [1.82, 2.24) is 0 Å². The third-order valence-electron chi connectivity index (χ3n) is 4.27. The average molecular weight is 415 g/mol. The lowest BCUT2D eigenvalue weighted by Crippen LogP contribution is -2.36. The molecule has 0 amide bonds. The Balaban J connectivity index is 1.58. The number of ether oxygens (including phenoxy) is 2. The summed E-state index contributed by atoms with van der Waals surface area (Å²) < 4.78 is 14.7. The summed E-state index contributed by atoms with van der Waals surface area (Å²) in [5, 5.41) is 8.70. The highest BCUT2D eigenvalue weighted by atomic mass is 16.6. The summed E-state index contributed by atoms with van der Waals surface area (Å²) in [5.74, 6) is -4.09. The van der Waals surface area contributed by atoms with E-state index in [9.17, 15) is 24.0 Å². The van der Waals surface area contributed by atoms with Gasteiger partial charge < -0.3 is 24.7 Å². The van der Waals surface area contributed by atoms with Crippen LogP contribution in [0.2, 0.25) is 0 Å². The van der Waals surface area contributed by atoms with Crippen LogP contribution in [-0.2, 0) is 19.1 Å². The van der Waals surface area contributed by atoms with Crippen LogP contribution in [0.4, 0.5) is 0 Å². The van der Waals surface area contributed by atoms with E-state index in [4.69, 9.17) is 20.0 Å². The number of carbonyl (C=O) groups is 5. The van der Waals surface area contributed by atoms with Crippen molar-refractivity contribution in [3.63, 3.8) is 0 Å². The van der Waals surface area contributed by atoms with Crippen LogP contribution >= 0.6 is 0 Å². The van der Waals surface area contributed by atoms with Crippen LogP contribution in [0.25, 0.3) is 0 Å². The molecule has 1 aliphatic carbocycles. The van der Waals surface area contributed by atoms with Crippen molar-refractivity contribution in [2.75, 3.05) is 19.8 Å². The summed E-state index contributed by atoms with van der Waals surface area (Å²) in [6, 6.07) is 6.16. The molecule has 1 heterocycles. The van der Waals surface area contributed by atoms with Gasteiger partial charge in [-0.25, -0.2) is 0 Å². The topological polar surface area (TPSA) is 163 Å². The number of furan rings is 1. The summed E-state index contributed by atoms with van der Waals surface area (Å²) >= 11 is 0. The van der Waals surface area contributed by atoms with Gasteiger partial charge in [0.1, 0.15) is 25.7 Å². The van der Waals surface area contributed by atoms with Gasteiger partial charge >= 0.3 is 11.9 Å². The van der Waals surface area contributed by atoms with E-state index in [0.717, 1.165) is 6.07 Å². The summed E-state index contributed by atoms with van der Waals surface area (Å²) in [5.41, 5.74) is 5.59. The van der Waals surface area contributed by atoms with E-state index in [1.54, 1.807) is 12.1 Å². The van der Waals surface area contributed by atoms with E-state index in [0.29, 0.717) is 0 Å². The minimum Gasteiger partial charge on any atom is -0.462 e. The fraction of sp³-hybridized carbons (Fsp3) is 0.250. The molecule has 30 heavy (non-hydrogen) atoms. The number of hydrogen-bond acceptors (Lipinski definition) is 10. The normalized spacial score (nSPS) is 13.3. The Labute approximate surface area is 169 Å². The van der Waals surface area contributed by atoms with Crippen LogP contribution in [0.15, 0.2) is 34.7 Å². The summed E-state index contributed by atoms with van der Waals surface area (Å²) in [6.45, 7) is -1.21. The molecule has 1 aliphatic rings. The van der Waals surface area contributed by atoms with Crippen molar-refractivity contribution in [3.05, 3.63) is 58.5 Å². The molecule has 1 aromatic carbocycles. The van der Waals surface area contributed by atoms with Crippen LogP contribution < -0.4 is 5.73 Å². The van der Waals surface area contributed by atoms with Crippen molar-refractivity contribution in [3.8, 4) is 0 Å². The highest BCUT2D eigenvalue weighted by molar-refractivity contribution is 6.28. The van der Waals surface area contributed by atoms with Crippen LogP contribution in [0.3, 0.4) is 0 Å². The molecule has 3 N–H and O–H groups in total. The number of nitrogens with two attached hydrogens (primary N) is 1. The fourth-order valence-corrected chi connectivity index (χ4v) is 2.76. The van der Waals surface area contributed by atoms with E-state index in [2.05, 4.69) is 4.74 Å². The monoisotopic (exact) mass is 415 g/mol. The molecule has 0 saturated heterocycles. The van der Waals surface area contributed by atoms with Crippen molar-refractivity contribution in [2.45, 2.75) is 12.5 Å². The van der Waals surface area contributed by atoms with Gasteiger partial charge in [0, 0.05) is 11.1 Å². The third-order valence-corrected chi connectivity index (χ3v) is 4.27. The highest BCUT2D eigenvalue weighted by Gasteiger charge is 2.34. The van der Waals surface area contributed by atoms with Crippen LogP contribution in [0.5, 0.6) is 0 Å². The number of Topliss-reactive ketones (excluding diaryl/α,β-unsaturated/α-hetero) is 1. The maximum Gasteiger partial charge on any atom is 0.325 e. The molecular formula is C20H17NO9. The molecule has 2 aromatic rings. The number of aliphatic hydroxyl groups excluding tert-OH is 1. The zero-order chi connectivity index (χ0) is 21.8. The Hall–Kier alpha value is -3.63. The molecule has 10 heteroatoms. The van der Waals surface area contributed by atoms with Gasteiger partial charge in [-0.05, 0) is 6.07 Å². The van der Waals surface area contributed by atoms with Crippen LogP contribution in [0, 0.1) is 0 Å². The minimum absolute atomic E-state index is 0.0393. The lowest BCUT2D eigenvalue weighted by atomic mass is 9.88. The van der Waals surface area contributed by atoms with E-state index < -0.39 is 48.4 Å². The number of hydrogen-bond donors (Lipinski definition) is 2. The van der Waals surface area contributed by atoms with Crippen LogP contribution in [-0.4, -0.2) is 60.3 Å². The molecule has 0 radical (unpaired) electrons. The van der Waals surface area contributed by atoms with Crippen molar-refractivity contribution < 1.29 is 43.0 Å². The van der Waals surface area contributed by atoms with Crippen molar-refractivity contribution in [2.24, 2.45) is 5.73 Å². The lowest BCUT2D eigenvalue weighted by Gasteiger charge is -2.11. The van der Waals surface area contributed by atoms with Gasteiger partial charge in [0.25, 0.3) is 0 Å². The first-order chi connectivity index (χ1) is 14.3. The number of ketones is 3. The summed E-state index contributed by atoms with van der Waals surface area (Å²) in [7, 11) is 0. The van der Waals surface area contributed by atoms with E-state index in [-0.39, 0.29) is 41.4 Å². The molecule has 0 saturated carbocycles. The number of benzene rings is 1. The second-order valence-electron chi connectivity index (χ2n) is 6.33. The lowest BCUT2D eigenvalue weighted by molar-refractivity contribution is -0.153. The standard InChI is InChI=1S/C20H17NO9/c21-13(9-22)20(27)29-6-5-28-16(24)8-14(23)15-7-12-17(25)10-3-1-2-4-11(10)18(26)19(12)30-15/h1-4,7,13,22H,5-6,8-9,21H2/t13-/m0/s1. The predicted molar refractivity (Wildman–Crippen MR) is 97.9 cm³/mol. The predicted octanol–water partition coefficient (Wildman–Crippen LogP) is 0.0338. The maximum absolute atomic E-state index is 12.5. The number of esters is 2. The molecule has 0 fully saturated rings. The summed E-state index contributed by atoms with van der Waals surface area (Å²) in [6.07, 6.45) is -0.703. The Morgan fingerprint density at radius 1 is 1.00 bits per heavy atom. The minimum atomic E-state index is -1.19. The Bertz CT molecular complexity index is 984. The van der Waals surface area contributed by atoms with E-state index >= 15 is 0 Å². The van der Waals surface area contributed by atoms with Gasteiger partial charge in [-0.1, -0.05) is 24.3 Å². The molecule has 3 rings (SSSR count). The molecule has 156 valence electrons. The molecule has 0 unspecified atom stereocenters. The van der Waals surface area contributed by atoms with E-state index in [1.165, 1.54) is 12.1 Å². The second-order valence-corrected chi connectivity index (χ2v) is 6.33. The van der Waals surface area contributed by atoms with Gasteiger partial charge in [0.2, 0.25) is 11.6 Å². The largest absolute Gasteiger partial charge is 0.462 e. The first-order valence-electron chi connectivity index (χ1n) is 8.87. The van der Waals surface area contributed by atoms with Gasteiger partial charge in [0.15, 0.2) is 17.3 Å². The van der Waals surface area contributed by atoms with Crippen LogP contribution in [0.1, 0.15) is 49.0 Å². The summed E-state index contributed by atoms with van der Waals surface area (Å²) in [4.78, 5) is 60.3. The number of aliphatic hydroxyl groups is 1. The van der Waals surface area contributed by atoms with Crippen molar-refractivity contribution in [1.29, 1.82) is 0 Å². The fourth-order valence-electron chi connectivity index (χ4n) is 2.76. The Kier molecular flexibility index (Phi) is 6.19. The average Bonchev–Trinajstić information content (AvgIpc) is 3.20. The van der Waals surface area contributed by atoms with Gasteiger partial charge in [0.05, 0.1) is 12.2 Å². The maximum atomic E-state index is 12.5. The Morgan fingerprint density at radius 3 is 2.30 bits per heavy atom. The first kappa shape index (κ1) is 21.1.